The Morgan fingerprint density at radius 3 is 2.64 bits per heavy atom. The number of aryl methyl sites for hydroxylation is 1. The predicted octanol–water partition coefficient (Wildman–Crippen LogP) is -0.162. The highest BCUT2D eigenvalue weighted by atomic mass is 16.5. The lowest BCUT2D eigenvalue weighted by atomic mass is 10.0. The first-order valence-electron chi connectivity index (χ1n) is 4.30. The third kappa shape index (κ3) is 3.14. The number of rotatable bonds is 4. The predicted molar refractivity (Wildman–Crippen MR) is 49.4 cm³/mol. The van der Waals surface area contributed by atoms with E-state index in [1.807, 2.05) is 13.8 Å². The largest absolute Gasteiger partial charge is 0.363 e. The number of nitrogens with zero attached hydrogens (tertiary/aromatic N) is 2. The van der Waals surface area contributed by atoms with Crippen LogP contribution in [0.1, 0.15) is 36.8 Å². The monoisotopic (exact) mass is 198 g/mol. The summed E-state index contributed by atoms with van der Waals surface area (Å²) in [6.45, 7) is 3.80. The van der Waals surface area contributed by atoms with Gasteiger partial charge in [0.15, 0.2) is 0 Å². The van der Waals surface area contributed by atoms with E-state index in [9.17, 15) is 4.79 Å². The number of nitrogens with two attached hydrogens (primary N) is 2. The highest BCUT2D eigenvalue weighted by molar-refractivity contribution is 5.88. The molecule has 4 N–H and O–H groups in total. The van der Waals surface area contributed by atoms with E-state index in [0.717, 1.165) is 0 Å². The maximum atomic E-state index is 10.6. The van der Waals surface area contributed by atoms with Gasteiger partial charge in [0.25, 0.3) is 11.7 Å². The van der Waals surface area contributed by atoms with Crippen LogP contribution in [-0.4, -0.2) is 21.6 Å². The molecule has 1 amide bonds. The van der Waals surface area contributed by atoms with E-state index in [4.69, 9.17) is 16.0 Å². The van der Waals surface area contributed by atoms with Gasteiger partial charge in [0.2, 0.25) is 5.89 Å². The van der Waals surface area contributed by atoms with Crippen molar-refractivity contribution in [2.24, 2.45) is 11.5 Å². The van der Waals surface area contributed by atoms with E-state index >= 15 is 0 Å². The van der Waals surface area contributed by atoms with Crippen molar-refractivity contribution in [1.29, 1.82) is 0 Å². The molecule has 0 aromatic carbocycles. The summed E-state index contributed by atoms with van der Waals surface area (Å²) in [5, 5.41) is 3.41. The van der Waals surface area contributed by atoms with Crippen LogP contribution in [0.2, 0.25) is 0 Å². The lowest BCUT2D eigenvalue weighted by Gasteiger charge is -2.16. The maximum Gasteiger partial charge on any atom is 0.290 e. The van der Waals surface area contributed by atoms with Crippen molar-refractivity contribution in [1.82, 2.24) is 10.1 Å². The number of amides is 1. The van der Waals surface area contributed by atoms with Crippen LogP contribution in [-0.2, 0) is 6.42 Å². The summed E-state index contributed by atoms with van der Waals surface area (Å²) in [5.41, 5.74) is 10.4. The lowest BCUT2D eigenvalue weighted by molar-refractivity contribution is 0.0987. The van der Waals surface area contributed by atoms with E-state index in [2.05, 4.69) is 10.1 Å². The molecule has 1 rings (SSSR count). The molecule has 78 valence electrons. The quantitative estimate of drug-likeness (QED) is 0.698. The van der Waals surface area contributed by atoms with Crippen LogP contribution in [0.4, 0.5) is 0 Å². The summed E-state index contributed by atoms with van der Waals surface area (Å²) in [7, 11) is 0. The summed E-state index contributed by atoms with van der Waals surface area (Å²) in [6.07, 6.45) is 1.25. The molecule has 0 fully saturated rings. The van der Waals surface area contributed by atoms with Crippen LogP contribution < -0.4 is 11.5 Å². The van der Waals surface area contributed by atoms with Crippen molar-refractivity contribution in [2.45, 2.75) is 32.2 Å². The fourth-order valence-corrected chi connectivity index (χ4v) is 0.886. The number of carbonyl (C=O) groups is 1. The Bertz CT molecular complexity index is 326. The van der Waals surface area contributed by atoms with Crippen molar-refractivity contribution in [3.63, 3.8) is 0 Å². The van der Waals surface area contributed by atoms with Gasteiger partial charge in [0.1, 0.15) is 0 Å². The van der Waals surface area contributed by atoms with E-state index in [1.54, 1.807) is 0 Å². The lowest BCUT2D eigenvalue weighted by Crippen LogP contribution is -2.32. The summed E-state index contributed by atoms with van der Waals surface area (Å²) in [6, 6.07) is 0. The van der Waals surface area contributed by atoms with Gasteiger partial charge in [-0.3, -0.25) is 4.79 Å². The second kappa shape index (κ2) is 3.75. The van der Waals surface area contributed by atoms with Gasteiger partial charge in [-0.15, -0.1) is 0 Å². The van der Waals surface area contributed by atoms with Crippen molar-refractivity contribution in [2.75, 3.05) is 0 Å². The third-order valence-corrected chi connectivity index (χ3v) is 1.67. The van der Waals surface area contributed by atoms with Crippen LogP contribution in [0.15, 0.2) is 4.52 Å². The van der Waals surface area contributed by atoms with E-state index in [-0.39, 0.29) is 11.4 Å². The smallest absolute Gasteiger partial charge is 0.290 e. The minimum atomic E-state index is -0.688. The number of hydrogen-bond donors (Lipinski definition) is 2. The molecule has 0 unspecified atom stereocenters. The molecule has 0 saturated heterocycles. The Hall–Kier alpha value is -1.43. The van der Waals surface area contributed by atoms with Gasteiger partial charge in [-0.05, 0) is 20.3 Å². The van der Waals surface area contributed by atoms with Crippen LogP contribution >= 0.6 is 0 Å². The Kier molecular flexibility index (Phi) is 2.85. The number of hydrogen-bond acceptors (Lipinski definition) is 5. The van der Waals surface area contributed by atoms with Crippen LogP contribution in [0.5, 0.6) is 0 Å². The van der Waals surface area contributed by atoms with Gasteiger partial charge >= 0.3 is 0 Å². The van der Waals surface area contributed by atoms with Gasteiger partial charge in [0.05, 0.1) is 0 Å². The number of primary amides is 1. The molecule has 0 saturated carbocycles. The highest BCUT2D eigenvalue weighted by Crippen LogP contribution is 2.09. The van der Waals surface area contributed by atoms with Gasteiger partial charge in [-0.1, -0.05) is 5.16 Å². The van der Waals surface area contributed by atoms with Gasteiger partial charge in [-0.25, -0.2) is 0 Å². The summed E-state index contributed by atoms with van der Waals surface area (Å²) < 4.78 is 4.80. The zero-order valence-corrected chi connectivity index (χ0v) is 8.28. The van der Waals surface area contributed by atoms with Crippen molar-refractivity contribution in [3.05, 3.63) is 11.7 Å². The molecule has 0 atom stereocenters. The first-order valence-corrected chi connectivity index (χ1v) is 4.30. The van der Waals surface area contributed by atoms with E-state index in [1.165, 1.54) is 0 Å². The molecular weight excluding hydrogens is 184 g/mol. The average Bonchev–Trinajstić information content (AvgIpc) is 2.47. The Morgan fingerprint density at radius 1 is 1.57 bits per heavy atom. The molecule has 0 aliphatic carbocycles. The molecule has 1 aromatic rings. The minimum absolute atomic E-state index is 0.0881. The van der Waals surface area contributed by atoms with E-state index < -0.39 is 5.91 Å². The SMILES string of the molecule is CC(C)(N)CCc1nc(C(N)=O)no1. The first-order chi connectivity index (χ1) is 6.38. The van der Waals surface area contributed by atoms with Crippen molar-refractivity contribution < 1.29 is 9.32 Å². The average molecular weight is 198 g/mol. The minimum Gasteiger partial charge on any atom is -0.363 e. The van der Waals surface area contributed by atoms with Crippen LogP contribution in [0, 0.1) is 0 Å². The van der Waals surface area contributed by atoms with Crippen LogP contribution in [0.3, 0.4) is 0 Å². The highest BCUT2D eigenvalue weighted by Gasteiger charge is 2.15. The number of carbonyl (C=O) groups excluding carboxylic acids is 1. The second-order valence-electron chi connectivity index (χ2n) is 3.86. The third-order valence-electron chi connectivity index (χ3n) is 1.67. The summed E-state index contributed by atoms with van der Waals surface area (Å²) >= 11 is 0. The topological polar surface area (TPSA) is 108 Å². The fourth-order valence-electron chi connectivity index (χ4n) is 0.886. The van der Waals surface area contributed by atoms with Crippen molar-refractivity contribution >= 4 is 5.91 Å². The molecule has 1 heterocycles. The molecule has 6 nitrogen and oxygen atoms in total. The normalized spacial score (nSPS) is 11.6. The molecule has 0 aliphatic heterocycles. The Labute approximate surface area is 81.6 Å². The summed E-state index contributed by atoms with van der Waals surface area (Å²) in [5.74, 6) is -0.390. The standard InChI is InChI=1S/C8H14N4O2/c1-8(2,10)4-3-5-11-7(6(9)13)12-14-5/h3-4,10H2,1-2H3,(H2,9,13). The molecule has 6 heteroatoms. The van der Waals surface area contributed by atoms with Crippen LogP contribution in [0.25, 0.3) is 0 Å². The Balaban J connectivity index is 2.56. The van der Waals surface area contributed by atoms with Gasteiger partial charge in [0, 0.05) is 12.0 Å². The zero-order chi connectivity index (χ0) is 10.8. The fraction of sp³-hybridized carbons (Fsp3) is 0.625. The van der Waals surface area contributed by atoms with Gasteiger partial charge < -0.3 is 16.0 Å². The number of aromatic nitrogens is 2. The molecule has 14 heavy (non-hydrogen) atoms. The molecule has 1 aromatic heterocycles. The maximum absolute atomic E-state index is 10.6. The zero-order valence-electron chi connectivity index (χ0n) is 8.28. The molecule has 0 radical (unpaired) electrons. The van der Waals surface area contributed by atoms with Gasteiger partial charge in [-0.2, -0.15) is 4.98 Å². The molecule has 0 spiro atoms. The first kappa shape index (κ1) is 10.6. The Morgan fingerprint density at radius 2 is 2.21 bits per heavy atom. The van der Waals surface area contributed by atoms with E-state index in [0.29, 0.717) is 18.7 Å². The second-order valence-corrected chi connectivity index (χ2v) is 3.86. The molecule has 0 bridgehead atoms. The van der Waals surface area contributed by atoms with Crippen molar-refractivity contribution in [3.8, 4) is 0 Å². The molecule has 0 aliphatic rings. The molecular formula is C8H14N4O2. The summed E-state index contributed by atoms with van der Waals surface area (Å²) in [4.78, 5) is 14.4.